The zero-order valence-electron chi connectivity index (χ0n) is 9.83. The Kier molecular flexibility index (Phi) is 2.41. The minimum absolute atomic E-state index is 0.389. The molecule has 0 aliphatic carbocycles. The molecule has 1 N–H and O–H groups in total. The first-order valence-electron chi connectivity index (χ1n) is 4.90. The summed E-state index contributed by atoms with van der Waals surface area (Å²) in [5.74, 6) is 0. The van der Waals surface area contributed by atoms with Crippen molar-refractivity contribution in [3.63, 3.8) is 0 Å². The third-order valence-electron chi connectivity index (χ3n) is 3.40. The predicted molar refractivity (Wildman–Crippen MR) is 56.2 cm³/mol. The number of aliphatic hydroxyl groups excluding tert-OH is 1. The maximum absolute atomic E-state index is 12.0. The molecule has 0 saturated carbocycles. The van der Waals surface area contributed by atoms with E-state index in [0.29, 0.717) is 5.71 Å². The summed E-state index contributed by atoms with van der Waals surface area (Å²) in [6, 6.07) is 0. The van der Waals surface area contributed by atoms with Crippen molar-refractivity contribution in [2.75, 3.05) is 7.05 Å². The summed E-state index contributed by atoms with van der Waals surface area (Å²) >= 11 is 0. The monoisotopic (exact) mass is 200 g/mol. The summed E-state index contributed by atoms with van der Waals surface area (Å²) < 4.78 is 0.928. The number of hydrogen-bond donors (Lipinski definition) is 1. The molecule has 0 saturated heterocycles. The van der Waals surface area contributed by atoms with Gasteiger partial charge in [-0.2, -0.15) is 4.74 Å². The minimum atomic E-state index is -0.702. The van der Waals surface area contributed by atoms with Gasteiger partial charge < -0.3 is 10.3 Å². The third kappa shape index (κ3) is 1.25. The minimum Gasteiger partial charge on any atom is -0.622 e. The number of rotatable bonds is 1. The Morgan fingerprint density at radius 1 is 1.36 bits per heavy atom. The van der Waals surface area contributed by atoms with Crippen LogP contribution in [0.1, 0.15) is 34.6 Å². The van der Waals surface area contributed by atoms with Crippen LogP contribution in [0.5, 0.6) is 0 Å². The van der Waals surface area contributed by atoms with Crippen molar-refractivity contribution in [1.29, 1.82) is 0 Å². The maximum atomic E-state index is 12.0. The van der Waals surface area contributed by atoms with Crippen molar-refractivity contribution < 1.29 is 9.85 Å². The molecule has 4 nitrogen and oxygen atoms in total. The molecule has 1 aliphatic heterocycles. The van der Waals surface area contributed by atoms with Gasteiger partial charge in [0.1, 0.15) is 11.6 Å². The van der Waals surface area contributed by atoms with E-state index in [0.717, 1.165) is 4.74 Å². The molecule has 0 spiro atoms. The molecule has 1 heterocycles. The lowest BCUT2D eigenvalue weighted by molar-refractivity contribution is -0.558. The molecule has 0 radical (unpaired) electrons. The van der Waals surface area contributed by atoms with E-state index in [2.05, 4.69) is 0 Å². The molecule has 1 rings (SSSR count). The molecule has 0 fully saturated rings. The maximum Gasteiger partial charge on any atom is 0.224 e. The van der Waals surface area contributed by atoms with Crippen LogP contribution in [0.2, 0.25) is 0 Å². The molecule has 4 heteroatoms. The summed E-state index contributed by atoms with van der Waals surface area (Å²) in [5.41, 5.74) is -0.445. The van der Waals surface area contributed by atoms with E-state index in [9.17, 15) is 10.3 Å². The molecule has 82 valence electrons. The number of aliphatic hydroxyl groups is 1. The van der Waals surface area contributed by atoms with Crippen LogP contribution < -0.4 is 0 Å². The topological polar surface area (TPSA) is 49.5 Å². The Hall–Kier alpha value is -0.610. The Bertz CT molecular complexity index is 280. The van der Waals surface area contributed by atoms with E-state index in [1.54, 1.807) is 6.92 Å². The fourth-order valence-corrected chi connectivity index (χ4v) is 2.22. The van der Waals surface area contributed by atoms with Gasteiger partial charge in [0, 0.05) is 13.8 Å². The van der Waals surface area contributed by atoms with Gasteiger partial charge in [-0.15, -0.1) is 0 Å². The van der Waals surface area contributed by atoms with Crippen molar-refractivity contribution in [1.82, 2.24) is 4.90 Å². The number of nitrogens with zero attached hydrogens (tertiary/aromatic N) is 2. The quantitative estimate of drug-likeness (QED) is 0.502. The Balaban J connectivity index is 3.30. The van der Waals surface area contributed by atoms with Gasteiger partial charge >= 0.3 is 0 Å². The van der Waals surface area contributed by atoms with Crippen molar-refractivity contribution in [3.8, 4) is 0 Å². The lowest BCUT2D eigenvalue weighted by Crippen LogP contribution is -2.51. The van der Waals surface area contributed by atoms with Gasteiger partial charge in [-0.05, 0) is 27.8 Å². The Morgan fingerprint density at radius 2 is 1.79 bits per heavy atom. The van der Waals surface area contributed by atoms with Gasteiger partial charge in [0.25, 0.3) is 0 Å². The van der Waals surface area contributed by atoms with Crippen LogP contribution in [0.25, 0.3) is 0 Å². The van der Waals surface area contributed by atoms with Crippen molar-refractivity contribution in [2.45, 2.75) is 51.9 Å². The molecular weight excluding hydrogens is 180 g/mol. The second-order valence-electron chi connectivity index (χ2n) is 4.97. The third-order valence-corrected chi connectivity index (χ3v) is 3.40. The van der Waals surface area contributed by atoms with Gasteiger partial charge in [0.2, 0.25) is 11.4 Å². The van der Waals surface area contributed by atoms with Crippen molar-refractivity contribution >= 4 is 5.71 Å². The van der Waals surface area contributed by atoms with Gasteiger partial charge in [-0.1, -0.05) is 0 Å². The smallest absolute Gasteiger partial charge is 0.224 e. The van der Waals surface area contributed by atoms with Crippen molar-refractivity contribution in [3.05, 3.63) is 5.21 Å². The molecule has 1 atom stereocenters. The molecule has 1 unspecified atom stereocenters. The zero-order valence-corrected chi connectivity index (χ0v) is 9.83. The molecule has 0 bridgehead atoms. The largest absolute Gasteiger partial charge is 0.622 e. The van der Waals surface area contributed by atoms with E-state index in [1.807, 2.05) is 39.6 Å². The molecule has 14 heavy (non-hydrogen) atoms. The lowest BCUT2D eigenvalue weighted by Gasteiger charge is -2.32. The first kappa shape index (κ1) is 11.5. The second kappa shape index (κ2) is 2.94. The molecular formula is C10H20N2O2. The fourth-order valence-electron chi connectivity index (χ4n) is 2.22. The SMILES string of the molecule is CC(O)C1=[N+]([O-])C(C)(C)N(C)C1(C)C. The van der Waals surface area contributed by atoms with Crippen molar-refractivity contribution in [2.24, 2.45) is 0 Å². The van der Waals surface area contributed by atoms with Crippen LogP contribution in [0.3, 0.4) is 0 Å². The molecule has 0 amide bonds. The van der Waals surface area contributed by atoms with Crippen LogP contribution >= 0.6 is 0 Å². The van der Waals surface area contributed by atoms with Crippen LogP contribution in [0.15, 0.2) is 0 Å². The highest BCUT2D eigenvalue weighted by Crippen LogP contribution is 2.33. The summed E-state index contributed by atoms with van der Waals surface area (Å²) in [6.45, 7) is 9.26. The number of hydroxylamine groups is 1. The van der Waals surface area contributed by atoms with E-state index in [-0.39, 0.29) is 5.54 Å². The Morgan fingerprint density at radius 3 is 1.93 bits per heavy atom. The first-order chi connectivity index (χ1) is 6.13. The van der Waals surface area contributed by atoms with E-state index < -0.39 is 11.8 Å². The second-order valence-corrected chi connectivity index (χ2v) is 4.97. The average Bonchev–Trinajstić information content (AvgIpc) is 2.10. The summed E-state index contributed by atoms with van der Waals surface area (Å²) in [6.07, 6.45) is -0.702. The summed E-state index contributed by atoms with van der Waals surface area (Å²) in [5, 5.41) is 21.6. The Labute approximate surface area is 85.4 Å². The highest BCUT2D eigenvalue weighted by Gasteiger charge is 2.55. The lowest BCUT2D eigenvalue weighted by atomic mass is 9.94. The van der Waals surface area contributed by atoms with Crippen LogP contribution in [-0.2, 0) is 0 Å². The normalized spacial score (nSPS) is 28.2. The van der Waals surface area contributed by atoms with E-state index in [1.165, 1.54) is 0 Å². The van der Waals surface area contributed by atoms with E-state index in [4.69, 9.17) is 0 Å². The van der Waals surface area contributed by atoms with E-state index >= 15 is 0 Å². The molecule has 0 aromatic rings. The first-order valence-corrected chi connectivity index (χ1v) is 4.90. The zero-order chi connectivity index (χ0) is 11.3. The van der Waals surface area contributed by atoms with Gasteiger partial charge in [0.15, 0.2) is 0 Å². The molecule has 0 aromatic carbocycles. The molecule has 0 aromatic heterocycles. The van der Waals surface area contributed by atoms with Gasteiger partial charge in [0.05, 0.1) is 0 Å². The predicted octanol–water partition coefficient (Wildman–Crippen LogP) is 0.779. The standard InChI is InChI=1S/C10H20N2O2/c1-7(13)8-9(2,3)11(6)10(4,5)12(8)14/h7,13H,1-6H3. The summed E-state index contributed by atoms with van der Waals surface area (Å²) in [7, 11) is 1.90. The fraction of sp³-hybridized carbons (Fsp3) is 0.900. The average molecular weight is 200 g/mol. The van der Waals surface area contributed by atoms with Crippen LogP contribution in [0.4, 0.5) is 0 Å². The highest BCUT2D eigenvalue weighted by molar-refractivity contribution is 5.93. The van der Waals surface area contributed by atoms with Gasteiger partial charge in [-0.3, -0.25) is 0 Å². The highest BCUT2D eigenvalue weighted by atomic mass is 16.5. The van der Waals surface area contributed by atoms with Gasteiger partial charge in [-0.25, -0.2) is 4.90 Å². The summed E-state index contributed by atoms with van der Waals surface area (Å²) in [4.78, 5) is 1.98. The van der Waals surface area contributed by atoms with Crippen LogP contribution in [-0.4, -0.2) is 44.8 Å². The van der Waals surface area contributed by atoms with Crippen LogP contribution in [0, 0.1) is 5.21 Å². The molecule has 1 aliphatic rings. The number of hydrogen-bond acceptors (Lipinski definition) is 3.